The number of rotatable bonds is 5. The molecule has 19 heavy (non-hydrogen) atoms. The molecule has 1 heterocycles. The van der Waals surface area contributed by atoms with E-state index in [1.165, 1.54) is 27.8 Å². The molecular weight excluding hydrogens is 234 g/mol. The maximum atomic E-state index is 5.78. The number of aryl methyl sites for hydroxylation is 3. The first kappa shape index (κ1) is 13.9. The Hall–Kier alpha value is -1.54. The zero-order valence-electron chi connectivity index (χ0n) is 12.1. The van der Waals surface area contributed by atoms with Crippen LogP contribution in [0, 0.1) is 0 Å². The lowest BCUT2D eigenvalue weighted by Gasteiger charge is -2.15. The molecule has 0 fully saturated rings. The van der Waals surface area contributed by atoms with Crippen molar-refractivity contribution in [2.45, 2.75) is 46.6 Å². The van der Waals surface area contributed by atoms with E-state index < -0.39 is 0 Å². The van der Waals surface area contributed by atoms with Crippen LogP contribution in [0.4, 0.5) is 0 Å². The van der Waals surface area contributed by atoms with Crippen molar-refractivity contribution in [1.29, 1.82) is 0 Å². The maximum Gasteiger partial charge on any atom is 0.125 e. The molecule has 0 saturated carbocycles. The molecule has 0 radical (unpaired) electrons. The van der Waals surface area contributed by atoms with E-state index in [4.69, 9.17) is 10.2 Å². The molecule has 1 aromatic carbocycles. The Bertz CT molecular complexity index is 529. The number of furan rings is 1. The second-order valence-corrected chi connectivity index (χ2v) is 4.81. The summed E-state index contributed by atoms with van der Waals surface area (Å²) in [6.45, 7) is 7.07. The average molecular weight is 257 g/mol. The van der Waals surface area contributed by atoms with Gasteiger partial charge in [0.05, 0.1) is 12.8 Å². The van der Waals surface area contributed by atoms with Crippen LogP contribution in [0.2, 0.25) is 0 Å². The number of nitrogens with two attached hydrogens (primary N) is 1. The van der Waals surface area contributed by atoms with Crippen molar-refractivity contribution in [3.8, 4) is 11.1 Å². The van der Waals surface area contributed by atoms with E-state index in [0.29, 0.717) is 6.54 Å². The molecule has 2 N–H and O–H groups in total. The monoisotopic (exact) mass is 257 g/mol. The van der Waals surface area contributed by atoms with E-state index in [0.717, 1.165) is 25.0 Å². The van der Waals surface area contributed by atoms with Gasteiger partial charge in [-0.05, 0) is 47.6 Å². The quantitative estimate of drug-likeness (QED) is 0.876. The summed E-state index contributed by atoms with van der Waals surface area (Å²) in [4.78, 5) is 0. The molecule has 0 aliphatic heterocycles. The van der Waals surface area contributed by atoms with E-state index in [2.05, 4.69) is 32.9 Å². The highest BCUT2D eigenvalue weighted by Crippen LogP contribution is 2.33. The molecule has 1 aromatic heterocycles. The SMILES string of the molecule is CCc1cc(CC)c(-c2ccoc2CN)c(CC)c1. The van der Waals surface area contributed by atoms with Gasteiger partial charge in [0.2, 0.25) is 0 Å². The smallest absolute Gasteiger partial charge is 0.125 e. The highest BCUT2D eigenvalue weighted by atomic mass is 16.3. The van der Waals surface area contributed by atoms with E-state index in [1.54, 1.807) is 6.26 Å². The van der Waals surface area contributed by atoms with Crippen LogP contribution in [0.15, 0.2) is 28.9 Å². The summed E-state index contributed by atoms with van der Waals surface area (Å²) in [7, 11) is 0. The minimum absolute atomic E-state index is 0.449. The minimum Gasteiger partial charge on any atom is -0.467 e. The van der Waals surface area contributed by atoms with Crippen LogP contribution >= 0.6 is 0 Å². The van der Waals surface area contributed by atoms with Crippen LogP contribution in [0.3, 0.4) is 0 Å². The van der Waals surface area contributed by atoms with Gasteiger partial charge in [0.25, 0.3) is 0 Å². The van der Waals surface area contributed by atoms with Crippen molar-refractivity contribution in [3.63, 3.8) is 0 Å². The largest absolute Gasteiger partial charge is 0.467 e. The Morgan fingerprint density at radius 3 is 2.11 bits per heavy atom. The molecule has 0 unspecified atom stereocenters. The topological polar surface area (TPSA) is 39.2 Å². The number of hydrogen-bond donors (Lipinski definition) is 1. The molecule has 2 aromatic rings. The molecule has 0 aliphatic carbocycles. The predicted octanol–water partition coefficient (Wildman–Crippen LogP) is 4.09. The average Bonchev–Trinajstić information content (AvgIpc) is 2.93. The van der Waals surface area contributed by atoms with Gasteiger partial charge in [-0.25, -0.2) is 0 Å². The molecule has 0 atom stereocenters. The first-order valence-corrected chi connectivity index (χ1v) is 7.16. The second kappa shape index (κ2) is 6.07. The molecule has 2 rings (SSSR count). The first-order valence-electron chi connectivity index (χ1n) is 7.16. The van der Waals surface area contributed by atoms with Crippen molar-refractivity contribution in [1.82, 2.24) is 0 Å². The highest BCUT2D eigenvalue weighted by Gasteiger charge is 2.15. The van der Waals surface area contributed by atoms with Gasteiger partial charge in [0.1, 0.15) is 5.76 Å². The maximum absolute atomic E-state index is 5.78. The fourth-order valence-corrected chi connectivity index (χ4v) is 2.67. The van der Waals surface area contributed by atoms with Gasteiger partial charge in [-0.15, -0.1) is 0 Å². The van der Waals surface area contributed by atoms with Crippen molar-refractivity contribution in [2.24, 2.45) is 5.73 Å². The normalized spacial score (nSPS) is 10.9. The van der Waals surface area contributed by atoms with Crippen LogP contribution in [-0.4, -0.2) is 0 Å². The molecule has 2 heteroatoms. The lowest BCUT2D eigenvalue weighted by atomic mass is 9.89. The van der Waals surface area contributed by atoms with Gasteiger partial charge in [-0.1, -0.05) is 32.9 Å². The van der Waals surface area contributed by atoms with Crippen LogP contribution in [0.1, 0.15) is 43.2 Å². The minimum atomic E-state index is 0.449. The molecule has 0 amide bonds. The van der Waals surface area contributed by atoms with Crippen LogP contribution in [0.5, 0.6) is 0 Å². The van der Waals surface area contributed by atoms with E-state index in [9.17, 15) is 0 Å². The third-order valence-corrected chi connectivity index (χ3v) is 3.73. The fraction of sp³-hybridized carbons (Fsp3) is 0.412. The summed E-state index contributed by atoms with van der Waals surface area (Å²) in [5.41, 5.74) is 12.5. The Morgan fingerprint density at radius 2 is 1.63 bits per heavy atom. The van der Waals surface area contributed by atoms with Crippen molar-refractivity contribution >= 4 is 0 Å². The number of hydrogen-bond acceptors (Lipinski definition) is 2. The van der Waals surface area contributed by atoms with Crippen LogP contribution in [0.25, 0.3) is 11.1 Å². The Kier molecular flexibility index (Phi) is 4.43. The summed E-state index contributed by atoms with van der Waals surface area (Å²) < 4.78 is 5.50. The Labute approximate surface area is 115 Å². The molecule has 0 spiro atoms. The summed E-state index contributed by atoms with van der Waals surface area (Å²) >= 11 is 0. The van der Waals surface area contributed by atoms with Gasteiger partial charge in [0.15, 0.2) is 0 Å². The zero-order chi connectivity index (χ0) is 13.8. The van der Waals surface area contributed by atoms with E-state index >= 15 is 0 Å². The van der Waals surface area contributed by atoms with Crippen molar-refractivity contribution in [3.05, 3.63) is 46.9 Å². The molecule has 102 valence electrons. The summed E-state index contributed by atoms with van der Waals surface area (Å²) in [5.74, 6) is 0.883. The summed E-state index contributed by atoms with van der Waals surface area (Å²) in [6.07, 6.45) is 4.89. The van der Waals surface area contributed by atoms with Gasteiger partial charge in [-0.2, -0.15) is 0 Å². The zero-order valence-corrected chi connectivity index (χ0v) is 12.1. The third-order valence-electron chi connectivity index (χ3n) is 3.73. The lowest BCUT2D eigenvalue weighted by Crippen LogP contribution is -2.01. The van der Waals surface area contributed by atoms with Gasteiger partial charge in [0, 0.05) is 5.56 Å². The third kappa shape index (κ3) is 2.59. The molecule has 0 bridgehead atoms. The standard InChI is InChI=1S/C17H23NO/c1-4-12-9-13(5-2)17(14(6-3)10-12)15-7-8-19-16(15)11-18/h7-10H,4-6,11,18H2,1-3H3. The van der Waals surface area contributed by atoms with Gasteiger partial charge < -0.3 is 10.2 Å². The van der Waals surface area contributed by atoms with E-state index in [-0.39, 0.29) is 0 Å². The first-order chi connectivity index (χ1) is 9.24. The van der Waals surface area contributed by atoms with Crippen LogP contribution < -0.4 is 5.73 Å². The molecule has 0 aliphatic rings. The summed E-state index contributed by atoms with van der Waals surface area (Å²) in [5, 5.41) is 0. The second-order valence-electron chi connectivity index (χ2n) is 4.81. The molecular formula is C17H23NO. The molecule has 2 nitrogen and oxygen atoms in total. The fourth-order valence-electron chi connectivity index (χ4n) is 2.67. The van der Waals surface area contributed by atoms with E-state index in [1.807, 2.05) is 6.07 Å². The summed E-state index contributed by atoms with van der Waals surface area (Å²) in [6, 6.07) is 6.69. The molecule has 0 saturated heterocycles. The van der Waals surface area contributed by atoms with Crippen molar-refractivity contribution < 1.29 is 4.42 Å². The van der Waals surface area contributed by atoms with Gasteiger partial charge in [-0.3, -0.25) is 0 Å². The predicted molar refractivity (Wildman–Crippen MR) is 80.2 cm³/mol. The Balaban J connectivity index is 2.67. The van der Waals surface area contributed by atoms with Crippen LogP contribution in [-0.2, 0) is 25.8 Å². The van der Waals surface area contributed by atoms with Gasteiger partial charge >= 0.3 is 0 Å². The lowest BCUT2D eigenvalue weighted by molar-refractivity contribution is 0.513. The highest BCUT2D eigenvalue weighted by molar-refractivity contribution is 5.73. The van der Waals surface area contributed by atoms with Crippen molar-refractivity contribution in [2.75, 3.05) is 0 Å². The Morgan fingerprint density at radius 1 is 1.00 bits per heavy atom. The number of benzene rings is 1.